The molecule has 26 heavy (non-hydrogen) atoms. The monoisotopic (exact) mass is 385 g/mol. The van der Waals surface area contributed by atoms with Crippen LogP contribution in [-0.2, 0) is 19.1 Å². The molecule has 0 N–H and O–H groups in total. The Morgan fingerprint density at radius 1 is 1.35 bits per heavy atom. The topological polar surface area (TPSA) is 72.9 Å². The van der Waals surface area contributed by atoms with Gasteiger partial charge in [-0.1, -0.05) is 17.7 Å². The molecule has 1 aromatic carbocycles. The highest BCUT2D eigenvalue weighted by molar-refractivity contribution is 6.31. The third-order valence-electron chi connectivity index (χ3n) is 4.41. The SMILES string of the molecule is CCOC(=O)CC(=O)C1CCN(C(=O)OC)C(c2ccc(F)cc2Cl)C1. The average Bonchev–Trinajstić information content (AvgIpc) is 2.60. The summed E-state index contributed by atoms with van der Waals surface area (Å²) in [6.45, 7) is 2.15. The molecule has 0 bridgehead atoms. The molecule has 1 heterocycles. The number of methoxy groups -OCH3 is 1. The molecule has 1 aliphatic rings. The van der Waals surface area contributed by atoms with E-state index in [1.165, 1.54) is 24.1 Å². The first-order chi connectivity index (χ1) is 12.4. The maximum absolute atomic E-state index is 13.4. The largest absolute Gasteiger partial charge is 0.466 e. The summed E-state index contributed by atoms with van der Waals surface area (Å²) in [7, 11) is 1.27. The fourth-order valence-corrected chi connectivity index (χ4v) is 3.45. The number of esters is 1. The summed E-state index contributed by atoms with van der Waals surface area (Å²) < 4.78 is 23.0. The maximum Gasteiger partial charge on any atom is 0.409 e. The van der Waals surface area contributed by atoms with E-state index in [2.05, 4.69) is 0 Å². The van der Waals surface area contributed by atoms with Gasteiger partial charge in [0.05, 0.1) is 19.8 Å². The standard InChI is InChI=1S/C18H21ClFNO5/c1-3-26-17(23)10-16(22)11-6-7-21(18(24)25-2)15(8-11)13-5-4-12(20)9-14(13)19/h4-5,9,11,15H,3,6-8,10H2,1-2H3. The number of carbonyl (C=O) groups excluding carboxylic acids is 3. The van der Waals surface area contributed by atoms with Gasteiger partial charge in [-0.05, 0) is 37.5 Å². The molecule has 2 unspecified atom stereocenters. The molecule has 0 saturated carbocycles. The molecule has 1 aromatic rings. The number of likely N-dealkylation sites (tertiary alicyclic amines) is 1. The molecule has 142 valence electrons. The van der Waals surface area contributed by atoms with Crippen LogP contribution >= 0.6 is 11.6 Å². The zero-order valence-electron chi connectivity index (χ0n) is 14.7. The van der Waals surface area contributed by atoms with Crippen LogP contribution in [0, 0.1) is 11.7 Å². The molecule has 1 fully saturated rings. The number of nitrogens with zero attached hydrogens (tertiary/aromatic N) is 1. The lowest BCUT2D eigenvalue weighted by atomic mass is 9.84. The smallest absolute Gasteiger partial charge is 0.409 e. The number of ether oxygens (including phenoxy) is 2. The van der Waals surface area contributed by atoms with Crippen molar-refractivity contribution in [2.75, 3.05) is 20.3 Å². The third-order valence-corrected chi connectivity index (χ3v) is 4.74. The predicted octanol–water partition coefficient (Wildman–Crippen LogP) is 3.52. The molecule has 1 aliphatic heterocycles. The van der Waals surface area contributed by atoms with Crippen molar-refractivity contribution >= 4 is 29.4 Å². The van der Waals surface area contributed by atoms with E-state index in [-0.39, 0.29) is 36.8 Å². The Morgan fingerprint density at radius 3 is 2.69 bits per heavy atom. The van der Waals surface area contributed by atoms with Crippen LogP contribution in [0.4, 0.5) is 9.18 Å². The highest BCUT2D eigenvalue weighted by atomic mass is 35.5. The number of halogens is 2. The van der Waals surface area contributed by atoms with E-state index in [9.17, 15) is 18.8 Å². The first kappa shape index (κ1) is 20.2. The van der Waals surface area contributed by atoms with E-state index in [0.29, 0.717) is 12.0 Å². The number of carbonyl (C=O) groups is 3. The molecule has 0 radical (unpaired) electrons. The van der Waals surface area contributed by atoms with Crippen molar-refractivity contribution in [3.63, 3.8) is 0 Å². The Hall–Kier alpha value is -2.15. The van der Waals surface area contributed by atoms with Crippen molar-refractivity contribution in [2.45, 2.75) is 32.2 Å². The van der Waals surface area contributed by atoms with Crippen molar-refractivity contribution in [3.8, 4) is 0 Å². The normalized spacial score (nSPS) is 19.8. The molecule has 8 heteroatoms. The number of piperidine rings is 1. The minimum atomic E-state index is -0.565. The van der Waals surface area contributed by atoms with Gasteiger partial charge in [0.15, 0.2) is 0 Å². The van der Waals surface area contributed by atoms with Crippen molar-refractivity contribution in [1.29, 1.82) is 0 Å². The van der Waals surface area contributed by atoms with Crippen molar-refractivity contribution in [1.82, 2.24) is 4.90 Å². The van der Waals surface area contributed by atoms with Crippen LogP contribution in [0.25, 0.3) is 0 Å². The Morgan fingerprint density at radius 2 is 2.08 bits per heavy atom. The summed E-state index contributed by atoms with van der Waals surface area (Å²) in [4.78, 5) is 37.5. The molecular formula is C18H21ClFNO5. The molecule has 1 saturated heterocycles. The van der Waals surface area contributed by atoms with Crippen LogP contribution < -0.4 is 0 Å². The van der Waals surface area contributed by atoms with E-state index in [1.54, 1.807) is 6.92 Å². The van der Waals surface area contributed by atoms with E-state index in [4.69, 9.17) is 21.1 Å². The molecule has 0 aliphatic carbocycles. The molecule has 6 nitrogen and oxygen atoms in total. The zero-order valence-corrected chi connectivity index (χ0v) is 15.4. The molecule has 1 amide bonds. The van der Waals surface area contributed by atoms with Gasteiger partial charge in [-0.3, -0.25) is 9.59 Å². The van der Waals surface area contributed by atoms with E-state index in [1.807, 2.05) is 0 Å². The number of rotatable bonds is 5. The average molecular weight is 386 g/mol. The van der Waals surface area contributed by atoms with Crippen molar-refractivity contribution in [3.05, 3.63) is 34.6 Å². The highest BCUT2D eigenvalue weighted by Gasteiger charge is 2.37. The van der Waals surface area contributed by atoms with E-state index in [0.717, 1.165) is 6.07 Å². The van der Waals surface area contributed by atoms with Crippen LogP contribution in [0.5, 0.6) is 0 Å². The van der Waals surface area contributed by atoms with E-state index >= 15 is 0 Å². The maximum atomic E-state index is 13.4. The Kier molecular flexibility index (Phi) is 6.97. The number of hydrogen-bond acceptors (Lipinski definition) is 5. The summed E-state index contributed by atoms with van der Waals surface area (Å²) in [6, 6.07) is 3.37. The lowest BCUT2D eigenvalue weighted by molar-refractivity contribution is -0.146. The second-order valence-corrected chi connectivity index (χ2v) is 6.42. The van der Waals surface area contributed by atoms with Gasteiger partial charge in [-0.15, -0.1) is 0 Å². The van der Waals surface area contributed by atoms with Gasteiger partial charge >= 0.3 is 12.1 Å². The Labute approximate surface area is 156 Å². The molecule has 2 rings (SSSR count). The summed E-state index contributed by atoms with van der Waals surface area (Å²) in [5.74, 6) is -1.72. The van der Waals surface area contributed by atoms with E-state index < -0.39 is 29.8 Å². The number of Topliss-reactive ketones (excluding diaryl/α,β-unsaturated/α-hetero) is 1. The van der Waals surface area contributed by atoms with Crippen LogP contribution in [0.1, 0.15) is 37.8 Å². The predicted molar refractivity (Wildman–Crippen MR) is 92.2 cm³/mol. The molecule has 0 spiro atoms. The minimum Gasteiger partial charge on any atom is -0.466 e. The summed E-state index contributed by atoms with van der Waals surface area (Å²) in [5, 5.41) is 0.169. The zero-order chi connectivity index (χ0) is 19.3. The lowest BCUT2D eigenvalue weighted by Gasteiger charge is -2.38. The van der Waals surface area contributed by atoms with Gasteiger partial charge < -0.3 is 14.4 Å². The van der Waals surface area contributed by atoms with Crippen LogP contribution in [0.2, 0.25) is 5.02 Å². The lowest BCUT2D eigenvalue weighted by Crippen LogP contribution is -2.43. The highest BCUT2D eigenvalue weighted by Crippen LogP contribution is 2.38. The van der Waals surface area contributed by atoms with Crippen LogP contribution in [0.3, 0.4) is 0 Å². The van der Waals surface area contributed by atoms with Gasteiger partial charge in [0.25, 0.3) is 0 Å². The second kappa shape index (κ2) is 8.98. The summed E-state index contributed by atoms with van der Waals surface area (Å²) >= 11 is 6.15. The van der Waals surface area contributed by atoms with Crippen molar-refractivity contribution in [2.24, 2.45) is 5.92 Å². The molecule has 0 aromatic heterocycles. The first-order valence-corrected chi connectivity index (χ1v) is 8.73. The van der Waals surface area contributed by atoms with Crippen LogP contribution in [0.15, 0.2) is 18.2 Å². The molecular weight excluding hydrogens is 365 g/mol. The number of amides is 1. The summed E-state index contributed by atoms with van der Waals surface area (Å²) in [5.41, 5.74) is 0.534. The minimum absolute atomic E-state index is 0.169. The molecule has 2 atom stereocenters. The Balaban J connectivity index is 2.23. The van der Waals surface area contributed by atoms with Gasteiger partial charge in [-0.2, -0.15) is 0 Å². The number of hydrogen-bond donors (Lipinski definition) is 0. The second-order valence-electron chi connectivity index (χ2n) is 6.01. The van der Waals surface area contributed by atoms with Gasteiger partial charge in [-0.25, -0.2) is 9.18 Å². The fourth-order valence-electron chi connectivity index (χ4n) is 3.16. The quantitative estimate of drug-likeness (QED) is 0.572. The summed E-state index contributed by atoms with van der Waals surface area (Å²) in [6.07, 6.45) is -0.172. The van der Waals surface area contributed by atoms with Gasteiger partial charge in [0.2, 0.25) is 0 Å². The first-order valence-electron chi connectivity index (χ1n) is 8.35. The number of ketones is 1. The Bertz CT molecular complexity index is 696. The van der Waals surface area contributed by atoms with Gasteiger partial charge in [0.1, 0.15) is 18.0 Å². The van der Waals surface area contributed by atoms with Crippen molar-refractivity contribution < 1.29 is 28.2 Å². The van der Waals surface area contributed by atoms with Crippen LogP contribution in [-0.4, -0.2) is 43.0 Å². The fraction of sp³-hybridized carbons (Fsp3) is 0.500. The van der Waals surface area contributed by atoms with Gasteiger partial charge in [0, 0.05) is 17.5 Å². The third kappa shape index (κ3) is 4.72. The number of benzene rings is 1.